The minimum Gasteiger partial charge on any atom is -0.508 e. The highest BCUT2D eigenvalue weighted by molar-refractivity contribution is 5.67. The molecule has 0 aromatic heterocycles. The van der Waals surface area contributed by atoms with Crippen molar-refractivity contribution in [2.75, 3.05) is 0 Å². The summed E-state index contributed by atoms with van der Waals surface area (Å²) in [6.45, 7) is 6.55. The molecule has 1 nitrogen and oxygen atoms in total. The second-order valence-corrected chi connectivity index (χ2v) is 4.41. The van der Waals surface area contributed by atoms with E-state index < -0.39 is 0 Å². The topological polar surface area (TPSA) is 20.2 Å². The minimum absolute atomic E-state index is 0.346. The molecule has 0 spiro atoms. The van der Waals surface area contributed by atoms with Crippen LogP contribution in [0.5, 0.6) is 5.75 Å². The van der Waals surface area contributed by atoms with Crippen LogP contribution in [0.2, 0.25) is 0 Å². The van der Waals surface area contributed by atoms with Gasteiger partial charge in [0, 0.05) is 0 Å². The van der Waals surface area contributed by atoms with Crippen molar-refractivity contribution >= 4 is 5.57 Å². The van der Waals surface area contributed by atoms with E-state index in [1.807, 2.05) is 12.1 Å². The molecule has 16 heavy (non-hydrogen) atoms. The van der Waals surface area contributed by atoms with Crippen LogP contribution in [0.15, 0.2) is 29.8 Å². The lowest BCUT2D eigenvalue weighted by Crippen LogP contribution is -1.86. The molecule has 1 rings (SSSR count). The zero-order chi connectivity index (χ0) is 12.0. The van der Waals surface area contributed by atoms with Gasteiger partial charge in [0.25, 0.3) is 0 Å². The molecule has 0 radical (unpaired) electrons. The average molecular weight is 218 g/mol. The first-order valence-corrected chi connectivity index (χ1v) is 6.11. The summed E-state index contributed by atoms with van der Waals surface area (Å²) in [5, 5.41) is 9.44. The third kappa shape index (κ3) is 3.73. The Morgan fingerprint density at radius 3 is 2.56 bits per heavy atom. The number of hydrogen-bond acceptors (Lipinski definition) is 1. The maximum absolute atomic E-state index is 9.44. The molecule has 88 valence electrons. The van der Waals surface area contributed by atoms with Crippen molar-refractivity contribution in [2.45, 2.75) is 46.5 Å². The van der Waals surface area contributed by atoms with Gasteiger partial charge in [0.2, 0.25) is 0 Å². The largest absolute Gasteiger partial charge is 0.508 e. The van der Waals surface area contributed by atoms with Crippen molar-refractivity contribution < 1.29 is 5.11 Å². The summed E-state index contributed by atoms with van der Waals surface area (Å²) in [5.74, 6) is 0.346. The molecule has 1 N–H and O–H groups in total. The van der Waals surface area contributed by atoms with Crippen LogP contribution in [0, 0.1) is 0 Å². The SMILES string of the molecule is CCCCC/C(C)=C(\C)c1cccc(O)c1. The second-order valence-electron chi connectivity index (χ2n) is 4.41. The maximum Gasteiger partial charge on any atom is 0.116 e. The van der Waals surface area contributed by atoms with Gasteiger partial charge in [-0.05, 0) is 50.0 Å². The second kappa shape index (κ2) is 6.37. The number of rotatable bonds is 5. The van der Waals surface area contributed by atoms with Crippen molar-refractivity contribution in [3.63, 3.8) is 0 Å². The summed E-state index contributed by atoms with van der Waals surface area (Å²) in [5.41, 5.74) is 3.86. The molecule has 0 heterocycles. The first kappa shape index (κ1) is 12.8. The Bertz CT molecular complexity index is 363. The number of benzene rings is 1. The van der Waals surface area contributed by atoms with Crippen LogP contribution in [-0.2, 0) is 0 Å². The summed E-state index contributed by atoms with van der Waals surface area (Å²) in [6, 6.07) is 7.49. The number of allylic oxidation sites excluding steroid dienone is 2. The quantitative estimate of drug-likeness (QED) is 0.706. The van der Waals surface area contributed by atoms with E-state index in [2.05, 4.69) is 26.8 Å². The van der Waals surface area contributed by atoms with Gasteiger partial charge in [-0.3, -0.25) is 0 Å². The monoisotopic (exact) mass is 218 g/mol. The summed E-state index contributed by atoms with van der Waals surface area (Å²) in [7, 11) is 0. The van der Waals surface area contributed by atoms with Crippen LogP contribution in [-0.4, -0.2) is 5.11 Å². The van der Waals surface area contributed by atoms with Gasteiger partial charge in [-0.25, -0.2) is 0 Å². The molecule has 0 aliphatic heterocycles. The zero-order valence-corrected chi connectivity index (χ0v) is 10.6. The van der Waals surface area contributed by atoms with Crippen molar-refractivity contribution in [2.24, 2.45) is 0 Å². The Morgan fingerprint density at radius 1 is 1.19 bits per heavy atom. The molecule has 0 fully saturated rings. The van der Waals surface area contributed by atoms with Crippen LogP contribution in [0.3, 0.4) is 0 Å². The van der Waals surface area contributed by atoms with Crippen molar-refractivity contribution in [1.29, 1.82) is 0 Å². The smallest absolute Gasteiger partial charge is 0.116 e. The minimum atomic E-state index is 0.346. The van der Waals surface area contributed by atoms with E-state index >= 15 is 0 Å². The summed E-state index contributed by atoms with van der Waals surface area (Å²) < 4.78 is 0. The third-order valence-corrected chi connectivity index (χ3v) is 3.07. The van der Waals surface area contributed by atoms with E-state index in [0.29, 0.717) is 5.75 Å². The van der Waals surface area contributed by atoms with Gasteiger partial charge in [-0.1, -0.05) is 37.5 Å². The molecule has 0 unspecified atom stereocenters. The van der Waals surface area contributed by atoms with Crippen molar-refractivity contribution in [3.05, 3.63) is 35.4 Å². The highest BCUT2D eigenvalue weighted by atomic mass is 16.3. The van der Waals surface area contributed by atoms with Gasteiger partial charge >= 0.3 is 0 Å². The predicted octanol–water partition coefficient (Wildman–Crippen LogP) is 4.77. The predicted molar refractivity (Wildman–Crippen MR) is 70.5 cm³/mol. The first-order chi connectivity index (χ1) is 7.65. The fraction of sp³-hybridized carbons (Fsp3) is 0.467. The van der Waals surface area contributed by atoms with Crippen LogP contribution < -0.4 is 0 Å². The van der Waals surface area contributed by atoms with Crippen LogP contribution in [0.1, 0.15) is 52.0 Å². The fourth-order valence-electron chi connectivity index (χ4n) is 1.81. The van der Waals surface area contributed by atoms with E-state index in [1.165, 1.54) is 30.4 Å². The van der Waals surface area contributed by atoms with Gasteiger partial charge in [-0.2, -0.15) is 0 Å². The number of hydrogen-bond donors (Lipinski definition) is 1. The zero-order valence-electron chi connectivity index (χ0n) is 10.6. The number of phenols is 1. The lowest BCUT2D eigenvalue weighted by Gasteiger charge is -2.08. The molecule has 0 aliphatic rings. The van der Waals surface area contributed by atoms with Gasteiger partial charge in [0.1, 0.15) is 5.75 Å². The summed E-state index contributed by atoms with van der Waals surface area (Å²) in [6.07, 6.45) is 4.98. The van der Waals surface area contributed by atoms with E-state index in [-0.39, 0.29) is 0 Å². The van der Waals surface area contributed by atoms with Crippen LogP contribution >= 0.6 is 0 Å². The molecular formula is C15H22O. The third-order valence-electron chi connectivity index (χ3n) is 3.07. The average Bonchev–Trinajstić information content (AvgIpc) is 2.28. The molecule has 0 aliphatic carbocycles. The highest BCUT2D eigenvalue weighted by Crippen LogP contribution is 2.24. The van der Waals surface area contributed by atoms with Crippen molar-refractivity contribution in [1.82, 2.24) is 0 Å². The molecular weight excluding hydrogens is 196 g/mol. The molecule has 1 heteroatoms. The summed E-state index contributed by atoms with van der Waals surface area (Å²) >= 11 is 0. The number of phenolic OH excluding ortho intramolecular Hbond substituents is 1. The van der Waals surface area contributed by atoms with E-state index in [1.54, 1.807) is 6.07 Å². The molecule has 0 atom stereocenters. The summed E-state index contributed by atoms with van der Waals surface area (Å²) in [4.78, 5) is 0. The van der Waals surface area contributed by atoms with E-state index in [9.17, 15) is 5.11 Å². The standard InChI is InChI=1S/C15H22O/c1-4-5-6-8-12(2)13(3)14-9-7-10-15(16)11-14/h7,9-11,16H,4-6,8H2,1-3H3/b13-12+. The highest BCUT2D eigenvalue weighted by Gasteiger charge is 2.01. The van der Waals surface area contributed by atoms with Crippen LogP contribution in [0.25, 0.3) is 5.57 Å². The number of aromatic hydroxyl groups is 1. The van der Waals surface area contributed by atoms with Gasteiger partial charge in [0.05, 0.1) is 0 Å². The van der Waals surface area contributed by atoms with E-state index in [4.69, 9.17) is 0 Å². The Morgan fingerprint density at radius 2 is 1.94 bits per heavy atom. The Hall–Kier alpha value is -1.24. The normalized spacial score (nSPS) is 12.4. The molecule has 1 aromatic carbocycles. The molecule has 0 saturated heterocycles. The molecule has 0 amide bonds. The Balaban J connectivity index is 2.74. The molecule has 0 saturated carbocycles. The van der Waals surface area contributed by atoms with Crippen molar-refractivity contribution in [3.8, 4) is 5.75 Å². The van der Waals surface area contributed by atoms with Gasteiger partial charge in [0.15, 0.2) is 0 Å². The first-order valence-electron chi connectivity index (χ1n) is 6.11. The lowest BCUT2D eigenvalue weighted by atomic mass is 9.98. The molecule has 0 bridgehead atoms. The van der Waals surface area contributed by atoms with Gasteiger partial charge < -0.3 is 5.11 Å². The van der Waals surface area contributed by atoms with E-state index in [0.717, 1.165) is 12.0 Å². The maximum atomic E-state index is 9.44. The van der Waals surface area contributed by atoms with Gasteiger partial charge in [-0.15, -0.1) is 0 Å². The number of unbranched alkanes of at least 4 members (excludes halogenated alkanes) is 2. The van der Waals surface area contributed by atoms with Crippen LogP contribution in [0.4, 0.5) is 0 Å². The Labute approximate surface area is 98.8 Å². The lowest BCUT2D eigenvalue weighted by molar-refractivity contribution is 0.475. The fourth-order valence-corrected chi connectivity index (χ4v) is 1.81. The molecule has 1 aromatic rings. The Kier molecular flexibility index (Phi) is 5.10.